The van der Waals surface area contributed by atoms with E-state index in [1.54, 1.807) is 0 Å². The van der Waals surface area contributed by atoms with Crippen LogP contribution >= 0.6 is 0 Å². The van der Waals surface area contributed by atoms with E-state index in [0.29, 0.717) is 5.56 Å². The zero-order chi connectivity index (χ0) is 14.0. The molecule has 2 N–H and O–H groups in total. The van der Waals surface area contributed by atoms with Gasteiger partial charge in [0, 0.05) is 5.56 Å². The third-order valence-corrected chi connectivity index (χ3v) is 3.77. The molecule has 0 fully saturated rings. The van der Waals surface area contributed by atoms with Gasteiger partial charge in [-0.15, -0.1) is 0 Å². The van der Waals surface area contributed by atoms with Gasteiger partial charge < -0.3 is 10.6 Å². The highest BCUT2D eigenvalue weighted by Crippen LogP contribution is 2.42. The third kappa shape index (κ3) is 2.05. The van der Waals surface area contributed by atoms with Gasteiger partial charge in [0.2, 0.25) is 0 Å². The Hall–Kier alpha value is -2.29. The lowest BCUT2D eigenvalue weighted by Gasteiger charge is -2.31. The van der Waals surface area contributed by atoms with E-state index in [1.165, 1.54) is 5.56 Å². The van der Waals surface area contributed by atoms with Crippen LogP contribution in [-0.4, -0.2) is 6.29 Å². The van der Waals surface area contributed by atoms with Gasteiger partial charge in [0.1, 0.15) is 11.9 Å². The van der Waals surface area contributed by atoms with Crippen molar-refractivity contribution in [2.75, 3.05) is 10.6 Å². The lowest BCUT2D eigenvalue weighted by molar-refractivity contribution is 0.112. The number of carbonyl (C=O) groups excluding carboxylic acids is 1. The molecule has 0 bridgehead atoms. The second kappa shape index (κ2) is 5.00. The molecule has 3 heteroatoms. The first-order chi connectivity index (χ1) is 9.77. The Labute approximate surface area is 119 Å². The molecule has 0 aliphatic carbocycles. The molecule has 20 heavy (non-hydrogen) atoms. The molecule has 102 valence electrons. The molecule has 2 aromatic rings. The monoisotopic (exact) mass is 266 g/mol. The van der Waals surface area contributed by atoms with E-state index < -0.39 is 0 Å². The highest BCUT2D eigenvalue weighted by molar-refractivity contribution is 5.85. The minimum absolute atomic E-state index is 0.278. The summed E-state index contributed by atoms with van der Waals surface area (Å²) in [5.74, 6) is 0. The maximum atomic E-state index is 10.9. The van der Waals surface area contributed by atoms with E-state index in [2.05, 4.69) is 41.8 Å². The third-order valence-electron chi connectivity index (χ3n) is 3.77. The average Bonchev–Trinajstić information content (AvgIpc) is 2.87. The van der Waals surface area contributed by atoms with Crippen molar-refractivity contribution in [2.24, 2.45) is 0 Å². The van der Waals surface area contributed by atoms with E-state index in [0.717, 1.165) is 30.5 Å². The molecule has 0 spiro atoms. The summed E-state index contributed by atoms with van der Waals surface area (Å²) in [5, 5.41) is 7.16. The molecule has 3 rings (SSSR count). The zero-order valence-corrected chi connectivity index (χ0v) is 11.5. The van der Waals surface area contributed by atoms with Crippen LogP contribution < -0.4 is 10.6 Å². The average molecular weight is 266 g/mol. The van der Waals surface area contributed by atoms with Gasteiger partial charge in [0.15, 0.2) is 0 Å². The van der Waals surface area contributed by atoms with Crippen LogP contribution in [0.5, 0.6) is 0 Å². The summed E-state index contributed by atoms with van der Waals surface area (Å²) in [6.07, 6.45) is 2.91. The Kier molecular flexibility index (Phi) is 3.18. The Balaban J connectivity index is 2.01. The fourth-order valence-electron chi connectivity index (χ4n) is 2.85. The van der Waals surface area contributed by atoms with Crippen LogP contribution in [0.1, 0.15) is 35.7 Å². The molecule has 1 unspecified atom stereocenters. The second-order valence-electron chi connectivity index (χ2n) is 5.19. The number of benzene rings is 2. The normalized spacial score (nSPS) is 19.9. The maximum Gasteiger partial charge on any atom is 0.150 e. The van der Waals surface area contributed by atoms with E-state index in [-0.39, 0.29) is 5.66 Å². The van der Waals surface area contributed by atoms with Gasteiger partial charge in [-0.3, -0.25) is 4.79 Å². The molecule has 0 saturated carbocycles. The molecule has 1 heterocycles. The van der Waals surface area contributed by atoms with Crippen molar-refractivity contribution in [3.63, 3.8) is 0 Å². The number of carbonyl (C=O) groups is 1. The van der Waals surface area contributed by atoms with Crippen molar-refractivity contribution in [1.82, 2.24) is 0 Å². The molecule has 0 aromatic heterocycles. The maximum absolute atomic E-state index is 10.9. The number of fused-ring (bicyclic) bond motifs is 1. The van der Waals surface area contributed by atoms with Gasteiger partial charge in [-0.2, -0.15) is 0 Å². The largest absolute Gasteiger partial charge is 0.357 e. The molecular weight excluding hydrogens is 248 g/mol. The highest BCUT2D eigenvalue weighted by atomic mass is 16.1. The Bertz CT molecular complexity index is 624. The van der Waals surface area contributed by atoms with Gasteiger partial charge in [-0.05, 0) is 30.2 Å². The van der Waals surface area contributed by atoms with Crippen LogP contribution in [0.4, 0.5) is 11.4 Å². The van der Waals surface area contributed by atoms with Gasteiger partial charge in [0.05, 0.1) is 11.4 Å². The molecule has 0 radical (unpaired) electrons. The summed E-state index contributed by atoms with van der Waals surface area (Å²) in [6.45, 7) is 2.17. The molecule has 1 aliphatic rings. The Morgan fingerprint density at radius 1 is 1.05 bits per heavy atom. The van der Waals surface area contributed by atoms with Crippen molar-refractivity contribution in [2.45, 2.75) is 25.4 Å². The van der Waals surface area contributed by atoms with Crippen LogP contribution in [-0.2, 0) is 5.66 Å². The smallest absolute Gasteiger partial charge is 0.150 e. The predicted octanol–water partition coefficient (Wildman–Crippen LogP) is 3.99. The number of nitrogens with one attached hydrogen (secondary N) is 2. The van der Waals surface area contributed by atoms with Crippen LogP contribution in [0.2, 0.25) is 0 Å². The number of hydrogen-bond acceptors (Lipinski definition) is 3. The molecule has 1 aliphatic heterocycles. The molecule has 3 nitrogen and oxygen atoms in total. The standard InChI is InChI=1S/C17H18N2O/c1-2-10-17(14-6-4-3-5-7-14)18-15-9-8-13(12-20)11-16(15)19-17/h3-9,11-12,18-19H,2,10H2,1H3. The number of rotatable bonds is 4. The van der Waals surface area contributed by atoms with Gasteiger partial charge in [-0.1, -0.05) is 43.7 Å². The summed E-state index contributed by atoms with van der Waals surface area (Å²) in [4.78, 5) is 10.9. The SMILES string of the molecule is CCCC1(c2ccccc2)Nc2ccc(C=O)cc2N1. The fraction of sp³-hybridized carbons (Fsp3) is 0.235. The Morgan fingerprint density at radius 3 is 2.50 bits per heavy atom. The first-order valence-electron chi connectivity index (χ1n) is 6.98. The Morgan fingerprint density at radius 2 is 1.80 bits per heavy atom. The number of hydrogen-bond donors (Lipinski definition) is 2. The topological polar surface area (TPSA) is 41.1 Å². The summed E-state index contributed by atoms with van der Waals surface area (Å²) in [5.41, 5.74) is 3.67. The fourth-order valence-corrected chi connectivity index (χ4v) is 2.85. The van der Waals surface area contributed by atoms with Crippen molar-refractivity contribution < 1.29 is 4.79 Å². The predicted molar refractivity (Wildman–Crippen MR) is 82.1 cm³/mol. The van der Waals surface area contributed by atoms with Crippen LogP contribution in [0.25, 0.3) is 0 Å². The van der Waals surface area contributed by atoms with Crippen molar-refractivity contribution in [3.8, 4) is 0 Å². The summed E-state index contributed by atoms with van der Waals surface area (Å²) in [7, 11) is 0. The quantitative estimate of drug-likeness (QED) is 0.822. The minimum atomic E-state index is -0.278. The highest BCUT2D eigenvalue weighted by Gasteiger charge is 2.36. The lowest BCUT2D eigenvalue weighted by atomic mass is 9.95. The molecular formula is C17H18N2O. The van der Waals surface area contributed by atoms with Crippen LogP contribution in [0.3, 0.4) is 0 Å². The molecule has 0 amide bonds. The van der Waals surface area contributed by atoms with Crippen molar-refractivity contribution in [1.29, 1.82) is 0 Å². The zero-order valence-electron chi connectivity index (χ0n) is 11.5. The van der Waals surface area contributed by atoms with Gasteiger partial charge in [-0.25, -0.2) is 0 Å². The van der Waals surface area contributed by atoms with E-state index >= 15 is 0 Å². The van der Waals surface area contributed by atoms with E-state index in [9.17, 15) is 4.79 Å². The van der Waals surface area contributed by atoms with Crippen molar-refractivity contribution >= 4 is 17.7 Å². The molecule has 1 atom stereocenters. The number of aldehydes is 1. The first-order valence-corrected chi connectivity index (χ1v) is 6.98. The lowest BCUT2D eigenvalue weighted by Crippen LogP contribution is -2.38. The first kappa shape index (κ1) is 12.7. The molecule has 0 saturated heterocycles. The minimum Gasteiger partial charge on any atom is -0.357 e. The number of anilines is 2. The van der Waals surface area contributed by atoms with Gasteiger partial charge in [0.25, 0.3) is 0 Å². The van der Waals surface area contributed by atoms with E-state index in [4.69, 9.17) is 0 Å². The second-order valence-corrected chi connectivity index (χ2v) is 5.19. The summed E-state index contributed by atoms with van der Waals surface area (Å²) < 4.78 is 0. The summed E-state index contributed by atoms with van der Waals surface area (Å²) in [6, 6.07) is 16.1. The van der Waals surface area contributed by atoms with Gasteiger partial charge >= 0.3 is 0 Å². The van der Waals surface area contributed by atoms with Crippen molar-refractivity contribution in [3.05, 3.63) is 59.7 Å². The summed E-state index contributed by atoms with van der Waals surface area (Å²) >= 11 is 0. The van der Waals surface area contributed by atoms with Crippen LogP contribution in [0.15, 0.2) is 48.5 Å². The molecule has 2 aromatic carbocycles. The van der Waals surface area contributed by atoms with E-state index in [1.807, 2.05) is 24.3 Å². The van der Waals surface area contributed by atoms with Crippen LogP contribution in [0, 0.1) is 0 Å².